The van der Waals surface area contributed by atoms with Crippen LogP contribution in [0.2, 0.25) is 5.02 Å². The van der Waals surface area contributed by atoms with Gasteiger partial charge in [0.05, 0.1) is 12.1 Å². The molecule has 0 bridgehead atoms. The summed E-state index contributed by atoms with van der Waals surface area (Å²) in [7, 11) is 3.38. The molecule has 0 heterocycles. The average molecular weight is 185 g/mol. The van der Waals surface area contributed by atoms with E-state index in [0.717, 1.165) is 5.56 Å². The second kappa shape index (κ2) is 4.33. The second-order valence-electron chi connectivity index (χ2n) is 2.44. The largest absolute Gasteiger partial charge is 0.661 e. The van der Waals surface area contributed by atoms with Gasteiger partial charge < -0.3 is 10.1 Å². The number of halogens is 1. The number of hydrogen-bond donors (Lipinski definition) is 0. The van der Waals surface area contributed by atoms with E-state index in [4.69, 9.17) is 16.3 Å². The van der Waals surface area contributed by atoms with Crippen LogP contribution in [-0.4, -0.2) is 14.2 Å². The van der Waals surface area contributed by atoms with Gasteiger partial charge in [-0.3, -0.25) is 0 Å². The molecule has 2 nitrogen and oxygen atoms in total. The van der Waals surface area contributed by atoms with Crippen LogP contribution in [0.3, 0.4) is 0 Å². The van der Waals surface area contributed by atoms with Gasteiger partial charge >= 0.3 is 0 Å². The predicted molar refractivity (Wildman–Crippen MR) is 51.0 cm³/mol. The minimum atomic E-state index is 0.638. The van der Waals surface area contributed by atoms with E-state index in [1.54, 1.807) is 14.2 Å². The summed E-state index contributed by atoms with van der Waals surface area (Å²) < 4.78 is 5.02. The summed E-state index contributed by atoms with van der Waals surface area (Å²) in [5, 5.41) is 4.64. The van der Waals surface area contributed by atoms with E-state index >= 15 is 0 Å². The number of rotatable bonds is 3. The molecular formula is C9H11ClNO-. The molecule has 1 aromatic carbocycles. The zero-order valence-corrected chi connectivity index (χ0v) is 7.93. The molecule has 12 heavy (non-hydrogen) atoms. The fourth-order valence-electron chi connectivity index (χ4n) is 0.991. The molecule has 1 aromatic rings. The van der Waals surface area contributed by atoms with Crippen LogP contribution in [-0.2, 0) is 6.54 Å². The third-order valence-corrected chi connectivity index (χ3v) is 1.85. The lowest BCUT2D eigenvalue weighted by Gasteiger charge is -2.12. The predicted octanol–water partition coefficient (Wildman–Crippen LogP) is 2.85. The molecule has 0 aliphatic heterocycles. The number of hydrogen-bond acceptors (Lipinski definition) is 1. The van der Waals surface area contributed by atoms with Crippen molar-refractivity contribution < 1.29 is 4.74 Å². The van der Waals surface area contributed by atoms with Gasteiger partial charge in [-0.05, 0) is 12.1 Å². The highest BCUT2D eigenvalue weighted by molar-refractivity contribution is 6.32. The lowest BCUT2D eigenvalue weighted by Crippen LogP contribution is -1.87. The molecule has 0 saturated heterocycles. The Hall–Kier alpha value is -0.730. The maximum Gasteiger partial charge on any atom is 0.137 e. The highest BCUT2D eigenvalue weighted by Gasteiger charge is 1.98. The highest BCUT2D eigenvalue weighted by atomic mass is 35.5. The van der Waals surface area contributed by atoms with Crippen molar-refractivity contribution >= 4 is 11.6 Å². The Kier molecular flexibility index (Phi) is 3.38. The summed E-state index contributed by atoms with van der Waals surface area (Å²) in [5.41, 5.74) is 1.10. The average Bonchev–Trinajstić information content (AvgIpc) is 2.05. The van der Waals surface area contributed by atoms with Gasteiger partial charge in [-0.1, -0.05) is 23.2 Å². The molecule has 0 aliphatic rings. The molecule has 0 atom stereocenters. The Bertz CT molecular complexity index is 263. The van der Waals surface area contributed by atoms with Crippen LogP contribution in [0.25, 0.3) is 5.32 Å². The minimum absolute atomic E-state index is 0.638. The fraction of sp³-hybridized carbons (Fsp3) is 0.333. The van der Waals surface area contributed by atoms with Crippen molar-refractivity contribution in [1.29, 1.82) is 0 Å². The maximum atomic E-state index is 5.90. The van der Waals surface area contributed by atoms with Gasteiger partial charge in [0.15, 0.2) is 0 Å². The molecule has 0 spiro atoms. The van der Waals surface area contributed by atoms with Crippen molar-refractivity contribution in [2.24, 2.45) is 0 Å². The second-order valence-corrected chi connectivity index (χ2v) is 2.85. The highest BCUT2D eigenvalue weighted by Crippen LogP contribution is 2.25. The fourth-order valence-corrected chi connectivity index (χ4v) is 1.27. The lowest BCUT2D eigenvalue weighted by atomic mass is 10.2. The van der Waals surface area contributed by atoms with Gasteiger partial charge in [0, 0.05) is 0 Å². The van der Waals surface area contributed by atoms with Crippen LogP contribution in [0.15, 0.2) is 18.2 Å². The summed E-state index contributed by atoms with van der Waals surface area (Å²) in [5.74, 6) is 0.705. The smallest absolute Gasteiger partial charge is 0.137 e. The summed E-state index contributed by atoms with van der Waals surface area (Å²) in [4.78, 5) is 0. The van der Waals surface area contributed by atoms with E-state index in [-0.39, 0.29) is 0 Å². The number of methoxy groups -OCH3 is 1. The zero-order valence-electron chi connectivity index (χ0n) is 7.17. The van der Waals surface area contributed by atoms with Crippen molar-refractivity contribution in [3.8, 4) is 5.75 Å². The molecule has 0 aromatic heterocycles. The van der Waals surface area contributed by atoms with E-state index in [9.17, 15) is 0 Å². The van der Waals surface area contributed by atoms with Crippen molar-refractivity contribution in [2.45, 2.75) is 6.54 Å². The Balaban J connectivity index is 2.86. The van der Waals surface area contributed by atoms with Gasteiger partial charge in [-0.15, -0.1) is 6.54 Å². The topological polar surface area (TPSA) is 23.3 Å². The van der Waals surface area contributed by atoms with Gasteiger partial charge in [-0.25, -0.2) is 0 Å². The van der Waals surface area contributed by atoms with E-state index in [2.05, 4.69) is 5.32 Å². The van der Waals surface area contributed by atoms with Crippen LogP contribution in [0.5, 0.6) is 5.75 Å². The quantitative estimate of drug-likeness (QED) is 0.709. The van der Waals surface area contributed by atoms with E-state index in [1.165, 1.54) is 0 Å². The van der Waals surface area contributed by atoms with Crippen LogP contribution in [0.1, 0.15) is 5.56 Å². The third-order valence-electron chi connectivity index (χ3n) is 1.56. The van der Waals surface area contributed by atoms with Crippen LogP contribution >= 0.6 is 11.6 Å². The molecule has 3 heteroatoms. The zero-order chi connectivity index (χ0) is 8.97. The molecule has 0 N–H and O–H groups in total. The van der Waals surface area contributed by atoms with E-state index < -0.39 is 0 Å². The SMILES string of the molecule is C[N-]Cc1ccc(OC)c(Cl)c1. The molecule has 0 radical (unpaired) electrons. The molecule has 1 rings (SSSR count). The first kappa shape index (κ1) is 9.36. The van der Waals surface area contributed by atoms with Crippen molar-refractivity contribution in [1.82, 2.24) is 0 Å². The number of nitrogens with zero attached hydrogens (tertiary/aromatic N) is 1. The van der Waals surface area contributed by atoms with Crippen LogP contribution < -0.4 is 4.74 Å². The third kappa shape index (κ3) is 2.13. The summed E-state index contributed by atoms with van der Waals surface area (Å²) in [6.45, 7) is 0.698. The standard InChI is InChI=1S/C9H11ClNO/c1-11-6-7-3-4-9(12-2)8(10)5-7/h3-5H,6H2,1-2H3/q-1. The van der Waals surface area contributed by atoms with Crippen molar-refractivity contribution in [2.75, 3.05) is 14.2 Å². The number of benzene rings is 1. The van der Waals surface area contributed by atoms with Crippen LogP contribution in [0.4, 0.5) is 0 Å². The summed E-state index contributed by atoms with van der Waals surface area (Å²) in [6.07, 6.45) is 0. The van der Waals surface area contributed by atoms with Gasteiger partial charge in [0.2, 0.25) is 0 Å². The summed E-state index contributed by atoms with van der Waals surface area (Å²) in [6, 6.07) is 5.67. The lowest BCUT2D eigenvalue weighted by molar-refractivity contribution is 0.415. The molecule has 0 fully saturated rings. The van der Waals surface area contributed by atoms with E-state index in [1.807, 2.05) is 18.2 Å². The van der Waals surface area contributed by atoms with Crippen molar-refractivity contribution in [3.05, 3.63) is 34.1 Å². The summed E-state index contributed by atoms with van der Waals surface area (Å²) >= 11 is 5.90. The molecule has 66 valence electrons. The van der Waals surface area contributed by atoms with Gasteiger partial charge in [0.25, 0.3) is 0 Å². The van der Waals surface area contributed by atoms with Crippen molar-refractivity contribution in [3.63, 3.8) is 0 Å². The Labute approximate surface area is 77.5 Å². The molecule has 0 aliphatic carbocycles. The Morgan fingerprint density at radius 3 is 2.75 bits per heavy atom. The minimum Gasteiger partial charge on any atom is -0.661 e. The monoisotopic (exact) mass is 184 g/mol. The molecule has 0 unspecified atom stereocenters. The van der Waals surface area contributed by atoms with Gasteiger partial charge in [0.1, 0.15) is 5.75 Å². The Morgan fingerprint density at radius 1 is 1.50 bits per heavy atom. The Morgan fingerprint density at radius 2 is 2.25 bits per heavy atom. The molecular weight excluding hydrogens is 174 g/mol. The maximum absolute atomic E-state index is 5.90. The molecule has 0 saturated carbocycles. The molecule has 0 amide bonds. The van der Waals surface area contributed by atoms with Gasteiger partial charge in [-0.2, -0.15) is 7.05 Å². The normalized spacial score (nSPS) is 9.92. The first-order valence-electron chi connectivity index (χ1n) is 3.66. The number of ether oxygens (including phenoxy) is 1. The first-order valence-corrected chi connectivity index (χ1v) is 4.03. The van der Waals surface area contributed by atoms with Crippen LogP contribution in [0, 0.1) is 0 Å². The van der Waals surface area contributed by atoms with E-state index in [0.29, 0.717) is 17.3 Å². The first-order chi connectivity index (χ1) is 5.77.